The average Bonchev–Trinajstić information content (AvgIpc) is 3.22. The van der Waals surface area contributed by atoms with E-state index < -0.39 is 10.0 Å². The molecule has 0 spiro atoms. The lowest BCUT2D eigenvalue weighted by molar-refractivity contribution is 0.140. The van der Waals surface area contributed by atoms with Crippen LogP contribution < -0.4 is 10.3 Å². The molecule has 2 atom stereocenters. The van der Waals surface area contributed by atoms with E-state index in [0.717, 1.165) is 25.0 Å². The van der Waals surface area contributed by atoms with Crippen LogP contribution >= 0.6 is 0 Å². The van der Waals surface area contributed by atoms with Gasteiger partial charge in [0.1, 0.15) is 17.1 Å². The van der Waals surface area contributed by atoms with E-state index in [2.05, 4.69) is 22.0 Å². The van der Waals surface area contributed by atoms with Gasteiger partial charge in [-0.25, -0.2) is 13.4 Å². The van der Waals surface area contributed by atoms with E-state index in [4.69, 9.17) is 9.72 Å². The van der Waals surface area contributed by atoms with Gasteiger partial charge in [0.25, 0.3) is 5.56 Å². The fraction of sp³-hybridized carbons (Fsp3) is 0.542. The van der Waals surface area contributed by atoms with Crippen LogP contribution in [0.3, 0.4) is 0 Å². The Morgan fingerprint density at radius 3 is 2.51 bits per heavy atom. The number of aryl methyl sites for hydroxylation is 2. The first-order chi connectivity index (χ1) is 16.7. The van der Waals surface area contributed by atoms with Gasteiger partial charge in [-0.05, 0) is 51.4 Å². The van der Waals surface area contributed by atoms with Gasteiger partial charge in [-0.3, -0.25) is 14.4 Å². The Bertz CT molecular complexity index is 1420. The number of ether oxygens (including phenoxy) is 1. The highest BCUT2D eigenvalue weighted by molar-refractivity contribution is 7.89. The molecule has 2 aromatic heterocycles. The summed E-state index contributed by atoms with van der Waals surface area (Å²) in [7, 11) is 0.0725. The summed E-state index contributed by atoms with van der Waals surface area (Å²) < 4.78 is 36.2. The molecule has 2 unspecified atom stereocenters. The molecule has 10 nitrogen and oxygen atoms in total. The molecule has 2 saturated heterocycles. The number of rotatable bonds is 7. The fourth-order valence-corrected chi connectivity index (χ4v) is 6.88. The number of H-pyrrole nitrogens is 1. The van der Waals surface area contributed by atoms with Crippen molar-refractivity contribution in [2.24, 2.45) is 7.05 Å². The van der Waals surface area contributed by atoms with Crippen LogP contribution in [0.5, 0.6) is 5.75 Å². The quantitative estimate of drug-likeness (QED) is 0.529. The third-order valence-corrected chi connectivity index (χ3v) is 9.03. The number of nitrogens with one attached hydrogen (secondary N) is 1. The zero-order chi connectivity index (χ0) is 24.9. The Morgan fingerprint density at radius 2 is 1.86 bits per heavy atom. The van der Waals surface area contributed by atoms with Crippen LogP contribution in [-0.2, 0) is 23.5 Å². The van der Waals surface area contributed by atoms with Crippen molar-refractivity contribution in [3.05, 3.63) is 34.2 Å². The standard InChI is InChI=1S/C24H32N6O4S/c1-5-7-19-21-22(29(4)27-19)24(31)26-23(25-21)18-12-17(10-11-20(18)34-6-2)35(32,33)30-13-15-8-9-16(14-30)28(15)3/h10-12,15-16H,5-9,13-14H2,1-4H3,(H,25,26,31). The zero-order valence-corrected chi connectivity index (χ0v) is 21.4. The van der Waals surface area contributed by atoms with Crippen molar-refractivity contribution in [3.63, 3.8) is 0 Å². The van der Waals surface area contributed by atoms with Crippen molar-refractivity contribution in [1.29, 1.82) is 0 Å². The Kier molecular flexibility index (Phi) is 6.18. The van der Waals surface area contributed by atoms with Gasteiger partial charge in [0.15, 0.2) is 5.52 Å². The van der Waals surface area contributed by atoms with Gasteiger partial charge in [0.2, 0.25) is 10.0 Å². The molecule has 2 bridgehead atoms. The zero-order valence-electron chi connectivity index (χ0n) is 20.6. The minimum Gasteiger partial charge on any atom is -0.493 e. The molecule has 1 aromatic carbocycles. The molecule has 0 aliphatic carbocycles. The van der Waals surface area contributed by atoms with Gasteiger partial charge in [0, 0.05) is 32.2 Å². The molecule has 0 radical (unpaired) electrons. The summed E-state index contributed by atoms with van der Waals surface area (Å²) in [5, 5.41) is 4.47. The molecular weight excluding hydrogens is 468 g/mol. The van der Waals surface area contributed by atoms with Gasteiger partial charge in [-0.2, -0.15) is 9.40 Å². The van der Waals surface area contributed by atoms with Crippen molar-refractivity contribution in [3.8, 4) is 17.1 Å². The molecule has 11 heteroatoms. The van der Waals surface area contributed by atoms with Gasteiger partial charge in [-0.1, -0.05) is 13.3 Å². The lowest BCUT2D eigenvalue weighted by Crippen LogP contribution is -2.53. The number of nitrogens with zero attached hydrogens (tertiary/aromatic N) is 5. The normalized spacial score (nSPS) is 21.1. The molecule has 0 saturated carbocycles. The predicted octanol–water partition coefficient (Wildman–Crippen LogP) is 2.14. The first kappa shape index (κ1) is 24.0. The van der Waals surface area contributed by atoms with Gasteiger partial charge in [-0.15, -0.1) is 0 Å². The number of sulfonamides is 1. The van der Waals surface area contributed by atoms with E-state index in [1.54, 1.807) is 34.2 Å². The second-order valence-electron chi connectivity index (χ2n) is 9.40. The van der Waals surface area contributed by atoms with E-state index in [9.17, 15) is 13.2 Å². The molecule has 2 fully saturated rings. The number of likely N-dealkylation sites (N-methyl/N-ethyl adjacent to an activating group) is 1. The monoisotopic (exact) mass is 500 g/mol. The summed E-state index contributed by atoms with van der Waals surface area (Å²) in [4.78, 5) is 23.0. The Balaban J connectivity index is 1.61. The number of hydrogen-bond acceptors (Lipinski definition) is 7. The van der Waals surface area contributed by atoms with E-state index in [-0.39, 0.29) is 28.4 Å². The molecular formula is C24H32N6O4S. The van der Waals surface area contributed by atoms with Gasteiger partial charge in [0.05, 0.1) is 22.8 Å². The Morgan fingerprint density at radius 1 is 1.14 bits per heavy atom. The average molecular weight is 501 g/mol. The lowest BCUT2D eigenvalue weighted by atomic mass is 10.1. The lowest BCUT2D eigenvalue weighted by Gasteiger charge is -2.38. The summed E-state index contributed by atoms with van der Waals surface area (Å²) in [6.07, 6.45) is 3.57. The SMILES string of the molecule is CCCc1nn(C)c2c(=O)[nH]c(-c3cc(S(=O)(=O)N4CC5CCC(C4)N5C)ccc3OCC)nc12. The van der Waals surface area contributed by atoms with Crippen LogP contribution in [0.4, 0.5) is 0 Å². The van der Waals surface area contributed by atoms with Crippen molar-refractivity contribution < 1.29 is 13.2 Å². The van der Waals surface area contributed by atoms with Gasteiger partial charge >= 0.3 is 0 Å². The van der Waals surface area contributed by atoms with Gasteiger partial charge < -0.3 is 9.72 Å². The first-order valence-corrected chi connectivity index (χ1v) is 13.6. The first-order valence-electron chi connectivity index (χ1n) is 12.2. The number of fused-ring (bicyclic) bond motifs is 3. The maximum atomic E-state index is 13.6. The summed E-state index contributed by atoms with van der Waals surface area (Å²) in [5.41, 5.74) is 1.78. The summed E-state index contributed by atoms with van der Waals surface area (Å²) in [6, 6.07) is 5.28. The van der Waals surface area contributed by atoms with E-state index >= 15 is 0 Å². The second kappa shape index (κ2) is 9.03. The number of aromatic amines is 1. The predicted molar refractivity (Wildman–Crippen MR) is 133 cm³/mol. The molecule has 4 heterocycles. The van der Waals surface area contributed by atoms with Crippen molar-refractivity contribution >= 4 is 21.1 Å². The van der Waals surface area contributed by atoms with Crippen molar-refractivity contribution in [2.45, 2.75) is 56.5 Å². The van der Waals surface area contributed by atoms with Crippen LogP contribution in [0, 0.1) is 0 Å². The van der Waals surface area contributed by atoms with Crippen LogP contribution in [0.15, 0.2) is 27.9 Å². The third kappa shape index (κ3) is 4.05. The highest BCUT2D eigenvalue weighted by Gasteiger charge is 2.42. The molecule has 2 aliphatic heterocycles. The number of hydrogen-bond donors (Lipinski definition) is 1. The van der Waals surface area contributed by atoms with Crippen LogP contribution in [0.2, 0.25) is 0 Å². The minimum atomic E-state index is -3.72. The fourth-order valence-electron chi connectivity index (χ4n) is 5.34. The maximum absolute atomic E-state index is 13.6. The Hall–Kier alpha value is -2.76. The van der Waals surface area contributed by atoms with Crippen LogP contribution in [-0.4, -0.2) is 76.2 Å². The summed E-state index contributed by atoms with van der Waals surface area (Å²) >= 11 is 0. The molecule has 3 aromatic rings. The number of aromatic nitrogens is 4. The molecule has 5 rings (SSSR count). The number of piperazine rings is 1. The summed E-state index contributed by atoms with van der Waals surface area (Å²) in [5.74, 6) is 0.736. The molecule has 35 heavy (non-hydrogen) atoms. The Labute approximate surface area is 205 Å². The highest BCUT2D eigenvalue weighted by Crippen LogP contribution is 2.35. The summed E-state index contributed by atoms with van der Waals surface area (Å²) in [6.45, 7) is 5.25. The molecule has 1 N–H and O–H groups in total. The van der Waals surface area contributed by atoms with E-state index in [0.29, 0.717) is 48.5 Å². The molecule has 2 aliphatic rings. The van der Waals surface area contributed by atoms with E-state index in [1.807, 2.05) is 13.8 Å². The highest BCUT2D eigenvalue weighted by atomic mass is 32.2. The minimum absolute atomic E-state index is 0.169. The largest absolute Gasteiger partial charge is 0.493 e. The number of benzene rings is 1. The maximum Gasteiger partial charge on any atom is 0.277 e. The second-order valence-corrected chi connectivity index (χ2v) is 11.3. The van der Waals surface area contributed by atoms with Crippen molar-refractivity contribution in [2.75, 3.05) is 26.7 Å². The van der Waals surface area contributed by atoms with E-state index in [1.165, 1.54) is 0 Å². The van der Waals surface area contributed by atoms with Crippen molar-refractivity contribution in [1.82, 2.24) is 29.0 Å². The molecule has 0 amide bonds. The van der Waals surface area contributed by atoms with Crippen LogP contribution in [0.1, 0.15) is 38.8 Å². The molecule has 188 valence electrons. The third-order valence-electron chi connectivity index (χ3n) is 7.21. The smallest absolute Gasteiger partial charge is 0.277 e. The van der Waals surface area contributed by atoms with Crippen LogP contribution in [0.25, 0.3) is 22.4 Å². The topological polar surface area (TPSA) is 113 Å².